The highest BCUT2D eigenvalue weighted by molar-refractivity contribution is 5.31. The molecule has 0 atom stereocenters. The molecule has 2 aromatic rings. The first-order valence-corrected chi connectivity index (χ1v) is 5.75. The molecule has 0 spiro atoms. The zero-order chi connectivity index (χ0) is 12.3. The first kappa shape index (κ1) is 11.7. The number of hydrogen-bond donors (Lipinski definition) is 1. The van der Waals surface area contributed by atoms with E-state index in [1.54, 1.807) is 18.6 Å². The first-order chi connectivity index (χ1) is 8.24. The molecule has 0 unspecified atom stereocenters. The molecule has 0 saturated heterocycles. The Morgan fingerprint density at radius 3 is 2.76 bits per heavy atom. The lowest BCUT2D eigenvalue weighted by Crippen LogP contribution is -2.03. The van der Waals surface area contributed by atoms with Crippen LogP contribution in [0.3, 0.4) is 0 Å². The lowest BCUT2D eigenvalue weighted by Gasteiger charge is -2.03. The zero-order valence-corrected chi connectivity index (χ0v) is 10.2. The van der Waals surface area contributed by atoms with Gasteiger partial charge in [-0.25, -0.2) is 9.67 Å². The summed E-state index contributed by atoms with van der Waals surface area (Å²) < 4.78 is 1.84. The van der Waals surface area contributed by atoms with Crippen LogP contribution in [0.25, 0.3) is 5.82 Å². The lowest BCUT2D eigenvalue weighted by molar-refractivity contribution is 0.793. The maximum Gasteiger partial charge on any atom is 0.172 e. The summed E-state index contributed by atoms with van der Waals surface area (Å²) in [5, 5.41) is 4.51. The van der Waals surface area contributed by atoms with E-state index >= 15 is 0 Å². The molecule has 2 aromatic heterocycles. The third kappa shape index (κ3) is 2.34. The summed E-state index contributed by atoms with van der Waals surface area (Å²) in [5.41, 5.74) is 8.97. The second-order valence-electron chi connectivity index (χ2n) is 4.02. The summed E-state index contributed by atoms with van der Waals surface area (Å²) in [6, 6.07) is 0. The van der Waals surface area contributed by atoms with E-state index in [0.717, 1.165) is 30.0 Å². The monoisotopic (exact) mass is 231 g/mol. The van der Waals surface area contributed by atoms with Crippen LogP contribution < -0.4 is 5.73 Å². The molecule has 0 aliphatic rings. The standard InChI is InChI=1S/C12H17N5/c1-9-11(4-3-5-13)10(2)17(16-9)12-8-14-6-7-15-12/h6-8H,3-5,13H2,1-2H3. The predicted molar refractivity (Wildman–Crippen MR) is 66.0 cm³/mol. The third-order valence-corrected chi connectivity index (χ3v) is 2.84. The van der Waals surface area contributed by atoms with Gasteiger partial charge in [-0.05, 0) is 38.8 Å². The van der Waals surface area contributed by atoms with Crippen molar-refractivity contribution in [3.05, 3.63) is 35.5 Å². The topological polar surface area (TPSA) is 69.6 Å². The van der Waals surface area contributed by atoms with Crippen LogP contribution in [-0.4, -0.2) is 26.3 Å². The Labute approximate surface area is 101 Å². The van der Waals surface area contributed by atoms with E-state index in [0.29, 0.717) is 6.54 Å². The van der Waals surface area contributed by atoms with Gasteiger partial charge in [-0.1, -0.05) is 0 Å². The van der Waals surface area contributed by atoms with Crippen LogP contribution in [0.15, 0.2) is 18.6 Å². The second kappa shape index (κ2) is 5.05. The highest BCUT2D eigenvalue weighted by Gasteiger charge is 2.12. The molecule has 90 valence electrons. The van der Waals surface area contributed by atoms with Gasteiger partial charge in [0, 0.05) is 18.1 Å². The Morgan fingerprint density at radius 1 is 1.29 bits per heavy atom. The van der Waals surface area contributed by atoms with Crippen LogP contribution in [0.4, 0.5) is 0 Å². The van der Waals surface area contributed by atoms with Gasteiger partial charge in [0.05, 0.1) is 11.9 Å². The SMILES string of the molecule is Cc1nn(-c2cnccn2)c(C)c1CCCN. The number of rotatable bonds is 4. The van der Waals surface area contributed by atoms with Crippen molar-refractivity contribution in [1.82, 2.24) is 19.7 Å². The fourth-order valence-corrected chi connectivity index (χ4v) is 1.94. The van der Waals surface area contributed by atoms with Gasteiger partial charge >= 0.3 is 0 Å². The average molecular weight is 231 g/mol. The molecule has 5 nitrogen and oxygen atoms in total. The molecule has 17 heavy (non-hydrogen) atoms. The lowest BCUT2D eigenvalue weighted by atomic mass is 10.1. The van der Waals surface area contributed by atoms with Gasteiger partial charge in [0.2, 0.25) is 0 Å². The fourth-order valence-electron chi connectivity index (χ4n) is 1.94. The maximum absolute atomic E-state index is 5.54. The number of aryl methyl sites for hydroxylation is 1. The summed E-state index contributed by atoms with van der Waals surface area (Å²) in [7, 11) is 0. The number of hydrogen-bond acceptors (Lipinski definition) is 4. The van der Waals surface area contributed by atoms with Crippen molar-refractivity contribution >= 4 is 0 Å². The Balaban J connectivity index is 2.37. The van der Waals surface area contributed by atoms with Crippen LogP contribution >= 0.6 is 0 Å². The van der Waals surface area contributed by atoms with E-state index in [9.17, 15) is 0 Å². The Kier molecular flexibility index (Phi) is 3.49. The van der Waals surface area contributed by atoms with Crippen molar-refractivity contribution in [2.24, 2.45) is 5.73 Å². The van der Waals surface area contributed by atoms with Gasteiger partial charge in [-0.2, -0.15) is 5.10 Å². The van der Waals surface area contributed by atoms with E-state index in [-0.39, 0.29) is 0 Å². The van der Waals surface area contributed by atoms with Crippen molar-refractivity contribution in [2.45, 2.75) is 26.7 Å². The highest BCUT2D eigenvalue weighted by atomic mass is 15.3. The fraction of sp³-hybridized carbons (Fsp3) is 0.417. The molecule has 0 saturated carbocycles. The van der Waals surface area contributed by atoms with Gasteiger partial charge in [0.25, 0.3) is 0 Å². The van der Waals surface area contributed by atoms with Gasteiger partial charge in [-0.3, -0.25) is 4.98 Å². The zero-order valence-electron chi connectivity index (χ0n) is 10.2. The molecule has 2 N–H and O–H groups in total. The van der Waals surface area contributed by atoms with Crippen LogP contribution in [0.5, 0.6) is 0 Å². The van der Waals surface area contributed by atoms with Crippen LogP contribution in [0, 0.1) is 13.8 Å². The molecule has 0 aliphatic carbocycles. The predicted octanol–water partition coefficient (Wildman–Crippen LogP) is 1.17. The molecule has 0 amide bonds. The van der Waals surface area contributed by atoms with Crippen LogP contribution in [0.1, 0.15) is 23.4 Å². The summed E-state index contributed by atoms with van der Waals surface area (Å²) >= 11 is 0. The molecule has 0 fully saturated rings. The van der Waals surface area contributed by atoms with E-state index in [1.165, 1.54) is 5.56 Å². The summed E-state index contributed by atoms with van der Waals surface area (Å²) in [6.07, 6.45) is 6.99. The van der Waals surface area contributed by atoms with Crippen molar-refractivity contribution in [3.63, 3.8) is 0 Å². The molecule has 2 heterocycles. The first-order valence-electron chi connectivity index (χ1n) is 5.75. The van der Waals surface area contributed by atoms with Gasteiger partial charge in [0.15, 0.2) is 5.82 Å². The minimum absolute atomic E-state index is 0.704. The van der Waals surface area contributed by atoms with Crippen LogP contribution in [-0.2, 0) is 6.42 Å². The van der Waals surface area contributed by atoms with Crippen molar-refractivity contribution in [2.75, 3.05) is 6.54 Å². The Hall–Kier alpha value is -1.75. The molecular weight excluding hydrogens is 214 g/mol. The van der Waals surface area contributed by atoms with E-state index in [2.05, 4.69) is 22.0 Å². The van der Waals surface area contributed by atoms with E-state index in [4.69, 9.17) is 5.73 Å². The van der Waals surface area contributed by atoms with Crippen molar-refractivity contribution < 1.29 is 0 Å². The van der Waals surface area contributed by atoms with E-state index in [1.807, 2.05) is 11.6 Å². The minimum Gasteiger partial charge on any atom is -0.330 e. The quantitative estimate of drug-likeness (QED) is 0.857. The number of nitrogens with zero attached hydrogens (tertiary/aromatic N) is 4. The minimum atomic E-state index is 0.704. The summed E-state index contributed by atoms with van der Waals surface area (Å²) in [5.74, 6) is 0.757. The van der Waals surface area contributed by atoms with Gasteiger partial charge in [-0.15, -0.1) is 0 Å². The third-order valence-electron chi connectivity index (χ3n) is 2.84. The molecule has 0 bridgehead atoms. The average Bonchev–Trinajstić information content (AvgIpc) is 2.64. The summed E-state index contributed by atoms with van der Waals surface area (Å²) in [6.45, 7) is 4.78. The molecule has 2 rings (SSSR count). The Morgan fingerprint density at radius 2 is 2.12 bits per heavy atom. The van der Waals surface area contributed by atoms with E-state index < -0.39 is 0 Å². The largest absolute Gasteiger partial charge is 0.330 e. The molecule has 0 radical (unpaired) electrons. The molecule has 0 aliphatic heterocycles. The second-order valence-corrected chi connectivity index (χ2v) is 4.02. The highest BCUT2D eigenvalue weighted by Crippen LogP contribution is 2.17. The summed E-state index contributed by atoms with van der Waals surface area (Å²) in [4.78, 5) is 8.32. The van der Waals surface area contributed by atoms with Crippen LogP contribution in [0.2, 0.25) is 0 Å². The smallest absolute Gasteiger partial charge is 0.172 e. The normalized spacial score (nSPS) is 10.8. The van der Waals surface area contributed by atoms with Crippen molar-refractivity contribution in [1.29, 1.82) is 0 Å². The van der Waals surface area contributed by atoms with Gasteiger partial charge < -0.3 is 5.73 Å². The molecule has 0 aromatic carbocycles. The number of nitrogens with two attached hydrogens (primary N) is 1. The van der Waals surface area contributed by atoms with Gasteiger partial charge in [0.1, 0.15) is 0 Å². The number of aromatic nitrogens is 4. The van der Waals surface area contributed by atoms with Crippen molar-refractivity contribution in [3.8, 4) is 5.82 Å². The molecule has 5 heteroatoms. The Bertz CT molecular complexity index is 489. The molecular formula is C12H17N5. The maximum atomic E-state index is 5.54.